The summed E-state index contributed by atoms with van der Waals surface area (Å²) >= 11 is 3.13. The third-order valence-corrected chi connectivity index (χ3v) is 4.64. The van der Waals surface area contributed by atoms with E-state index in [0.717, 1.165) is 16.1 Å². The molecule has 3 aromatic rings. The lowest BCUT2D eigenvalue weighted by molar-refractivity contribution is 0.101. The van der Waals surface area contributed by atoms with Crippen LogP contribution < -0.4 is 5.32 Å². The number of rotatable bonds is 5. The fourth-order valence-corrected chi connectivity index (χ4v) is 3.29. The number of anilines is 1. The zero-order valence-electron chi connectivity index (χ0n) is 12.8. The molecule has 0 saturated carbocycles. The average molecular weight is 344 g/mol. The quantitative estimate of drug-likeness (QED) is 0.763. The van der Waals surface area contributed by atoms with Gasteiger partial charge in [-0.15, -0.1) is 28.2 Å². The highest BCUT2D eigenvalue weighted by atomic mass is 32.2. The van der Waals surface area contributed by atoms with E-state index in [1.165, 1.54) is 0 Å². The van der Waals surface area contributed by atoms with E-state index >= 15 is 0 Å². The molecule has 1 aromatic carbocycles. The molecule has 23 heavy (non-hydrogen) atoms. The molecule has 0 fully saturated rings. The highest BCUT2D eigenvalue weighted by Gasteiger charge is 2.22. The molecule has 0 aliphatic heterocycles. The summed E-state index contributed by atoms with van der Waals surface area (Å²) in [6, 6.07) is 11.6. The van der Waals surface area contributed by atoms with Crippen molar-refractivity contribution in [3.8, 4) is 10.6 Å². The summed E-state index contributed by atoms with van der Waals surface area (Å²) in [6.07, 6.45) is 1.97. The molecule has 0 saturated heterocycles. The van der Waals surface area contributed by atoms with Crippen molar-refractivity contribution in [1.29, 1.82) is 0 Å². The number of carbonyl (C=O) groups is 1. The molecule has 0 aliphatic rings. The lowest BCUT2D eigenvalue weighted by atomic mass is 10.2. The molecular formula is C16H16N4OS2. The van der Waals surface area contributed by atoms with Crippen LogP contribution in [0.15, 0.2) is 41.8 Å². The third-order valence-electron chi connectivity index (χ3n) is 3.27. The first-order valence-electron chi connectivity index (χ1n) is 7.03. The zero-order chi connectivity index (χ0) is 16.2. The standard InChI is InChI=1S/C16H16N4OS2/c1-11-5-7-12(8-6-11)17-16(21)15-14(13-4-3-9-23-13)18-19-20(15)10-22-2/h3-9H,10H2,1-2H3,(H,17,21). The Labute approximate surface area is 142 Å². The van der Waals surface area contributed by atoms with Gasteiger partial charge in [-0.1, -0.05) is 29.0 Å². The van der Waals surface area contributed by atoms with E-state index < -0.39 is 0 Å². The van der Waals surface area contributed by atoms with Crippen LogP contribution >= 0.6 is 23.1 Å². The predicted octanol–water partition coefficient (Wildman–Crippen LogP) is 3.89. The minimum Gasteiger partial charge on any atom is -0.321 e. The number of thioether (sulfide) groups is 1. The number of benzene rings is 1. The number of hydrogen-bond acceptors (Lipinski definition) is 5. The molecule has 1 N–H and O–H groups in total. The van der Waals surface area contributed by atoms with E-state index in [1.807, 2.05) is 55.0 Å². The lowest BCUT2D eigenvalue weighted by Crippen LogP contribution is -2.18. The number of hydrogen-bond donors (Lipinski definition) is 1. The van der Waals surface area contributed by atoms with Gasteiger partial charge in [0.15, 0.2) is 5.69 Å². The average Bonchev–Trinajstić information content (AvgIpc) is 3.19. The van der Waals surface area contributed by atoms with Gasteiger partial charge in [0.2, 0.25) is 0 Å². The molecule has 0 unspecified atom stereocenters. The fourth-order valence-electron chi connectivity index (χ4n) is 2.16. The molecule has 1 amide bonds. The first-order chi connectivity index (χ1) is 11.2. The van der Waals surface area contributed by atoms with Gasteiger partial charge in [-0.3, -0.25) is 4.79 Å². The van der Waals surface area contributed by atoms with Crippen molar-refractivity contribution in [3.05, 3.63) is 53.0 Å². The molecule has 118 valence electrons. The maximum atomic E-state index is 12.8. The van der Waals surface area contributed by atoms with Gasteiger partial charge in [0, 0.05) is 5.69 Å². The third kappa shape index (κ3) is 3.46. The Kier molecular flexibility index (Phi) is 4.78. The Morgan fingerprint density at radius 2 is 2.09 bits per heavy atom. The number of amides is 1. The van der Waals surface area contributed by atoms with Crippen molar-refractivity contribution >= 4 is 34.7 Å². The van der Waals surface area contributed by atoms with Crippen molar-refractivity contribution in [2.45, 2.75) is 12.8 Å². The first-order valence-corrected chi connectivity index (χ1v) is 9.30. The first kappa shape index (κ1) is 15.8. The summed E-state index contributed by atoms with van der Waals surface area (Å²) < 4.78 is 1.64. The van der Waals surface area contributed by atoms with Gasteiger partial charge >= 0.3 is 0 Å². The zero-order valence-corrected chi connectivity index (χ0v) is 14.4. The number of thiophene rings is 1. The maximum absolute atomic E-state index is 12.8. The molecule has 3 rings (SSSR count). The van der Waals surface area contributed by atoms with Gasteiger partial charge in [0.25, 0.3) is 5.91 Å². The molecule has 0 bridgehead atoms. The molecule has 0 atom stereocenters. The highest BCUT2D eigenvalue weighted by Crippen LogP contribution is 2.27. The van der Waals surface area contributed by atoms with Crippen LogP contribution in [0.4, 0.5) is 5.69 Å². The molecular weight excluding hydrogens is 328 g/mol. The Hall–Kier alpha value is -2.12. The summed E-state index contributed by atoms with van der Waals surface area (Å²) in [5, 5.41) is 13.2. The van der Waals surface area contributed by atoms with E-state index in [9.17, 15) is 4.79 Å². The van der Waals surface area contributed by atoms with Gasteiger partial charge in [-0.25, -0.2) is 4.68 Å². The van der Waals surface area contributed by atoms with E-state index in [-0.39, 0.29) is 5.91 Å². The number of carbonyl (C=O) groups excluding carboxylic acids is 1. The number of aryl methyl sites for hydroxylation is 1. The molecule has 0 spiro atoms. The van der Waals surface area contributed by atoms with Gasteiger partial charge in [0.1, 0.15) is 5.69 Å². The second kappa shape index (κ2) is 6.97. The summed E-state index contributed by atoms with van der Waals surface area (Å²) in [5.41, 5.74) is 3.02. The Balaban J connectivity index is 1.94. The van der Waals surface area contributed by atoms with Crippen LogP contribution in [-0.2, 0) is 5.88 Å². The van der Waals surface area contributed by atoms with Crippen molar-refractivity contribution in [3.63, 3.8) is 0 Å². The Morgan fingerprint density at radius 1 is 1.30 bits per heavy atom. The van der Waals surface area contributed by atoms with E-state index in [4.69, 9.17) is 0 Å². The van der Waals surface area contributed by atoms with Crippen molar-refractivity contribution < 1.29 is 4.79 Å². The summed E-state index contributed by atoms with van der Waals surface area (Å²) in [4.78, 5) is 13.7. The van der Waals surface area contributed by atoms with Crippen LogP contribution in [-0.4, -0.2) is 27.2 Å². The van der Waals surface area contributed by atoms with Crippen molar-refractivity contribution in [2.75, 3.05) is 11.6 Å². The fraction of sp³-hybridized carbons (Fsp3) is 0.188. The second-order valence-electron chi connectivity index (χ2n) is 5.00. The minimum atomic E-state index is -0.198. The molecule has 2 heterocycles. The maximum Gasteiger partial charge on any atom is 0.276 e. The second-order valence-corrected chi connectivity index (χ2v) is 6.78. The van der Waals surface area contributed by atoms with Crippen molar-refractivity contribution in [2.24, 2.45) is 0 Å². The minimum absolute atomic E-state index is 0.198. The predicted molar refractivity (Wildman–Crippen MR) is 96.0 cm³/mol. The van der Waals surface area contributed by atoms with E-state index in [1.54, 1.807) is 27.8 Å². The summed E-state index contributed by atoms with van der Waals surface area (Å²) in [6.45, 7) is 2.01. The monoisotopic (exact) mass is 344 g/mol. The van der Waals surface area contributed by atoms with Gasteiger partial charge in [-0.2, -0.15) is 0 Å². The molecule has 5 nitrogen and oxygen atoms in total. The number of nitrogens with zero attached hydrogens (tertiary/aromatic N) is 3. The summed E-state index contributed by atoms with van der Waals surface area (Å²) in [5.74, 6) is 0.381. The largest absolute Gasteiger partial charge is 0.321 e. The van der Waals surface area contributed by atoms with E-state index in [2.05, 4.69) is 15.6 Å². The molecule has 7 heteroatoms. The van der Waals surface area contributed by atoms with Gasteiger partial charge in [-0.05, 0) is 36.8 Å². The van der Waals surface area contributed by atoms with Crippen LogP contribution in [0.3, 0.4) is 0 Å². The number of nitrogens with one attached hydrogen (secondary N) is 1. The molecule has 2 aromatic heterocycles. The van der Waals surface area contributed by atoms with Crippen LogP contribution in [0.5, 0.6) is 0 Å². The SMILES string of the molecule is CSCn1nnc(-c2cccs2)c1C(=O)Nc1ccc(C)cc1. The Morgan fingerprint density at radius 3 is 2.74 bits per heavy atom. The summed E-state index contributed by atoms with van der Waals surface area (Å²) in [7, 11) is 0. The highest BCUT2D eigenvalue weighted by molar-refractivity contribution is 7.97. The molecule has 0 radical (unpaired) electrons. The van der Waals surface area contributed by atoms with Crippen LogP contribution in [0.25, 0.3) is 10.6 Å². The lowest BCUT2D eigenvalue weighted by Gasteiger charge is -2.08. The van der Waals surface area contributed by atoms with Crippen molar-refractivity contribution in [1.82, 2.24) is 15.0 Å². The van der Waals surface area contributed by atoms with Gasteiger partial charge in [0.05, 0.1) is 10.8 Å². The van der Waals surface area contributed by atoms with E-state index in [0.29, 0.717) is 17.3 Å². The number of aromatic nitrogens is 3. The molecule has 0 aliphatic carbocycles. The topological polar surface area (TPSA) is 59.8 Å². The van der Waals surface area contributed by atoms with Crippen LogP contribution in [0, 0.1) is 6.92 Å². The Bertz CT molecular complexity index is 794. The smallest absolute Gasteiger partial charge is 0.276 e. The van der Waals surface area contributed by atoms with Gasteiger partial charge < -0.3 is 5.32 Å². The normalized spacial score (nSPS) is 10.7. The van der Waals surface area contributed by atoms with Crippen LogP contribution in [0.1, 0.15) is 16.1 Å². The van der Waals surface area contributed by atoms with Crippen LogP contribution in [0.2, 0.25) is 0 Å².